The molecule has 0 aromatic heterocycles. The van der Waals surface area contributed by atoms with Gasteiger partial charge in [0, 0.05) is 23.5 Å². The molecule has 2 aliphatic carbocycles. The van der Waals surface area contributed by atoms with Crippen molar-refractivity contribution in [2.75, 3.05) is 37.8 Å². The minimum absolute atomic E-state index is 0.137. The van der Waals surface area contributed by atoms with Gasteiger partial charge in [0.05, 0.1) is 31.1 Å². The third kappa shape index (κ3) is 5.74. The Bertz CT molecular complexity index is 1190. The van der Waals surface area contributed by atoms with E-state index in [1.807, 2.05) is 51.1 Å². The van der Waals surface area contributed by atoms with Gasteiger partial charge in [0.2, 0.25) is 0 Å². The molecule has 6 heteroatoms. The van der Waals surface area contributed by atoms with Crippen molar-refractivity contribution in [3.05, 3.63) is 70.8 Å². The van der Waals surface area contributed by atoms with Crippen molar-refractivity contribution in [2.45, 2.75) is 63.9 Å². The topological polar surface area (TPSA) is 48.0 Å². The lowest BCUT2D eigenvalue weighted by molar-refractivity contribution is 0.00695. The number of carbonyl (C=O) groups excluding carboxylic acids is 1. The molecule has 0 N–H and O–H groups in total. The Morgan fingerprint density at radius 2 is 2.03 bits per heavy atom. The molecular weight excluding hydrogens is 498 g/mol. The maximum atomic E-state index is 13.0. The fourth-order valence-corrected chi connectivity index (χ4v) is 6.46. The van der Waals surface area contributed by atoms with Gasteiger partial charge in [-0.2, -0.15) is 0 Å². The highest BCUT2D eigenvalue weighted by atomic mass is 35.5. The van der Waals surface area contributed by atoms with Crippen LogP contribution in [0.1, 0.15) is 67.9 Å². The van der Waals surface area contributed by atoms with Crippen LogP contribution in [0.5, 0.6) is 5.75 Å². The first-order valence-corrected chi connectivity index (χ1v) is 14.3. The van der Waals surface area contributed by atoms with E-state index in [2.05, 4.69) is 23.6 Å². The lowest BCUT2D eigenvalue weighted by atomic mass is 9.69. The summed E-state index contributed by atoms with van der Waals surface area (Å²) < 4.78 is 18.1. The van der Waals surface area contributed by atoms with Crippen LogP contribution in [0.4, 0.5) is 5.69 Å². The summed E-state index contributed by atoms with van der Waals surface area (Å²) in [5, 5.41) is 0.786. The lowest BCUT2D eigenvalue weighted by Crippen LogP contribution is -2.48. The number of hydrogen-bond donors (Lipinski definition) is 0. The van der Waals surface area contributed by atoms with Gasteiger partial charge in [0.15, 0.2) is 0 Å². The van der Waals surface area contributed by atoms with E-state index < -0.39 is 5.60 Å². The summed E-state index contributed by atoms with van der Waals surface area (Å²) in [7, 11) is 0. The van der Waals surface area contributed by atoms with E-state index in [9.17, 15) is 4.79 Å². The maximum absolute atomic E-state index is 13.0. The van der Waals surface area contributed by atoms with Gasteiger partial charge in [-0.15, -0.1) is 6.58 Å². The zero-order valence-electron chi connectivity index (χ0n) is 22.9. The number of ether oxygens (including phenoxy) is 3. The number of aryl methyl sites for hydroxylation is 1. The van der Waals surface area contributed by atoms with Crippen LogP contribution in [-0.2, 0) is 21.3 Å². The normalized spacial score (nSPS) is 24.5. The van der Waals surface area contributed by atoms with Gasteiger partial charge < -0.3 is 19.1 Å². The quantitative estimate of drug-likeness (QED) is 0.216. The number of fused-ring (bicyclic) bond motifs is 3. The van der Waals surface area contributed by atoms with E-state index in [-0.39, 0.29) is 11.4 Å². The van der Waals surface area contributed by atoms with Crippen LogP contribution < -0.4 is 9.64 Å². The molecule has 2 aromatic carbocycles. The van der Waals surface area contributed by atoms with Crippen molar-refractivity contribution >= 4 is 23.3 Å². The number of rotatable bonds is 7. The Morgan fingerprint density at radius 1 is 1.21 bits per heavy atom. The molecule has 1 spiro atoms. The summed E-state index contributed by atoms with van der Waals surface area (Å²) in [6.07, 6.45) is 7.37. The fourth-order valence-electron chi connectivity index (χ4n) is 6.26. The van der Waals surface area contributed by atoms with Gasteiger partial charge in [-0.25, -0.2) is 4.79 Å². The van der Waals surface area contributed by atoms with Gasteiger partial charge in [0.1, 0.15) is 11.4 Å². The predicted molar refractivity (Wildman–Crippen MR) is 153 cm³/mol. The molecule has 1 fully saturated rings. The van der Waals surface area contributed by atoms with Gasteiger partial charge >= 0.3 is 5.97 Å². The molecule has 1 saturated carbocycles. The third-order valence-corrected chi connectivity index (χ3v) is 8.50. The van der Waals surface area contributed by atoms with Gasteiger partial charge in [0.25, 0.3) is 0 Å². The Balaban J connectivity index is 1.49. The number of esters is 1. The molecule has 0 unspecified atom stereocenters. The van der Waals surface area contributed by atoms with E-state index in [0.29, 0.717) is 30.6 Å². The Labute approximate surface area is 232 Å². The first-order valence-electron chi connectivity index (χ1n) is 13.9. The van der Waals surface area contributed by atoms with Crippen molar-refractivity contribution in [3.63, 3.8) is 0 Å². The average molecular weight is 538 g/mol. The Hall–Kier alpha value is -2.50. The summed E-state index contributed by atoms with van der Waals surface area (Å²) in [4.78, 5) is 15.5. The first kappa shape index (κ1) is 27.1. The van der Waals surface area contributed by atoms with Crippen molar-refractivity contribution in [1.82, 2.24) is 0 Å². The Kier molecular flexibility index (Phi) is 7.79. The van der Waals surface area contributed by atoms with E-state index in [0.717, 1.165) is 55.4 Å². The molecule has 3 atom stereocenters. The van der Waals surface area contributed by atoms with Crippen LogP contribution in [0.2, 0.25) is 5.02 Å². The highest BCUT2D eigenvalue weighted by Crippen LogP contribution is 2.46. The molecule has 38 heavy (non-hydrogen) atoms. The average Bonchev–Trinajstić information content (AvgIpc) is 3.00. The second kappa shape index (κ2) is 10.9. The van der Waals surface area contributed by atoms with E-state index in [1.54, 1.807) is 0 Å². The van der Waals surface area contributed by atoms with Crippen LogP contribution in [0.3, 0.4) is 0 Å². The monoisotopic (exact) mass is 537 g/mol. The largest absolute Gasteiger partial charge is 0.490 e. The highest BCUT2D eigenvalue weighted by Gasteiger charge is 2.43. The number of anilines is 1. The molecule has 5 rings (SSSR count). The zero-order valence-corrected chi connectivity index (χ0v) is 23.7. The molecule has 0 saturated heterocycles. The van der Waals surface area contributed by atoms with Gasteiger partial charge in [-0.1, -0.05) is 23.7 Å². The molecular formula is C32H40ClNO4. The van der Waals surface area contributed by atoms with Crippen LogP contribution >= 0.6 is 11.6 Å². The van der Waals surface area contributed by atoms with Crippen LogP contribution in [-0.4, -0.2) is 44.5 Å². The molecule has 0 amide bonds. The minimum atomic E-state index is -0.554. The smallest absolute Gasteiger partial charge is 0.338 e. The second-order valence-electron chi connectivity index (χ2n) is 12.2. The predicted octanol–water partition coefficient (Wildman–Crippen LogP) is 7.00. The van der Waals surface area contributed by atoms with Crippen molar-refractivity contribution in [2.24, 2.45) is 11.8 Å². The van der Waals surface area contributed by atoms with Crippen molar-refractivity contribution in [3.8, 4) is 5.75 Å². The van der Waals surface area contributed by atoms with Crippen LogP contribution in [0.15, 0.2) is 49.1 Å². The van der Waals surface area contributed by atoms with Crippen LogP contribution in [0, 0.1) is 11.8 Å². The number of halogens is 1. The molecule has 5 nitrogen and oxygen atoms in total. The van der Waals surface area contributed by atoms with E-state index in [1.165, 1.54) is 24.0 Å². The molecule has 2 aromatic rings. The molecule has 204 valence electrons. The number of carbonyl (C=O) groups is 1. The summed E-state index contributed by atoms with van der Waals surface area (Å²) in [6, 6.07) is 12.1. The number of nitrogens with zero attached hydrogens (tertiary/aromatic N) is 1. The molecule has 1 aliphatic heterocycles. The number of hydrogen-bond acceptors (Lipinski definition) is 5. The standard InChI is InChI=1S/C32H40ClNO4/c1-5-15-36-19-25-9-8-24(25)18-34-20-32(14-6-7-22-16-26(33)11-12-27(22)32)21-37-29-13-10-23(17-28(29)34)30(35)38-31(2,3)4/h5,10-13,16-17,24-25H,1,6-9,14-15,18-21H2,2-4H3/t24-,25-,32-/m0/s1. The van der Waals surface area contributed by atoms with Gasteiger partial charge in [-0.05, 0) is 106 Å². The summed E-state index contributed by atoms with van der Waals surface area (Å²) in [5.41, 5.74) is 3.51. The van der Waals surface area contributed by atoms with E-state index in [4.69, 9.17) is 25.8 Å². The SMILES string of the molecule is C=CCOC[C@@H]1CC[C@H]1CN1C[C@@]2(CCCc3cc(Cl)ccc32)COc2ccc(C(=O)OC(C)(C)C)cc21. The minimum Gasteiger partial charge on any atom is -0.490 e. The summed E-state index contributed by atoms with van der Waals surface area (Å²) >= 11 is 6.39. The molecule has 0 bridgehead atoms. The Morgan fingerprint density at radius 3 is 2.76 bits per heavy atom. The first-order chi connectivity index (χ1) is 18.2. The van der Waals surface area contributed by atoms with Crippen molar-refractivity contribution < 1.29 is 19.0 Å². The molecule has 1 heterocycles. The van der Waals surface area contributed by atoms with Crippen LogP contribution in [0.25, 0.3) is 0 Å². The highest BCUT2D eigenvalue weighted by molar-refractivity contribution is 6.30. The zero-order chi connectivity index (χ0) is 26.9. The fraction of sp³-hybridized carbons (Fsp3) is 0.531. The van der Waals surface area contributed by atoms with Crippen molar-refractivity contribution in [1.29, 1.82) is 0 Å². The second-order valence-corrected chi connectivity index (χ2v) is 12.6. The van der Waals surface area contributed by atoms with E-state index >= 15 is 0 Å². The lowest BCUT2D eigenvalue weighted by Gasteiger charge is -2.44. The summed E-state index contributed by atoms with van der Waals surface area (Å²) in [6.45, 7) is 13.2. The summed E-state index contributed by atoms with van der Waals surface area (Å²) in [5.74, 6) is 1.58. The maximum Gasteiger partial charge on any atom is 0.338 e. The molecule has 0 radical (unpaired) electrons. The number of benzene rings is 2. The molecule has 3 aliphatic rings. The van der Waals surface area contributed by atoms with Gasteiger partial charge in [-0.3, -0.25) is 0 Å². The third-order valence-electron chi connectivity index (χ3n) is 8.27.